The van der Waals surface area contributed by atoms with E-state index in [1.54, 1.807) is 42.9 Å². The largest absolute Gasteiger partial charge is 0.322 e. The maximum Gasteiger partial charge on any atom is 0.255 e. The Morgan fingerprint density at radius 2 is 1.95 bits per heavy atom. The Morgan fingerprint density at radius 1 is 1.14 bits per heavy atom. The quantitative estimate of drug-likeness (QED) is 0.237. The van der Waals surface area contributed by atoms with Crippen molar-refractivity contribution in [3.05, 3.63) is 78.3 Å². The van der Waals surface area contributed by atoms with Crippen LogP contribution >= 0.6 is 0 Å². The summed E-state index contributed by atoms with van der Waals surface area (Å²) < 4.78 is 24.7. The summed E-state index contributed by atoms with van der Waals surface area (Å²) in [5.41, 5.74) is 4.02. The van der Waals surface area contributed by atoms with Crippen LogP contribution in [0.3, 0.4) is 0 Å². The standard InChI is InChI=1S/C27H24F2N6O2/c1-17-4-7-21(33-26(36)18(3-2-10-28)9-12-32-29)14-22(17)24-16-30-15-23(34-24)20-8-11-31-25(13-20)35-27(37)19-5-6-19/h2-4,7-9,11-16,19H,5-6,10H2,1H3,(H,33,36)(H,31,35,37)/b3-2+,18-9+,32-12-. The number of pyridine rings is 1. The van der Waals surface area contributed by atoms with Gasteiger partial charge >= 0.3 is 0 Å². The fraction of sp³-hybridized carbons (Fsp3) is 0.185. The van der Waals surface area contributed by atoms with Crippen LogP contribution < -0.4 is 10.6 Å². The third-order valence-electron chi connectivity index (χ3n) is 5.62. The van der Waals surface area contributed by atoms with Gasteiger partial charge in [-0.15, -0.1) is 0 Å². The number of carbonyl (C=O) groups is 2. The third-order valence-corrected chi connectivity index (χ3v) is 5.62. The van der Waals surface area contributed by atoms with Crippen molar-refractivity contribution in [1.29, 1.82) is 0 Å². The van der Waals surface area contributed by atoms with Gasteiger partial charge in [0.05, 0.1) is 30.0 Å². The van der Waals surface area contributed by atoms with Gasteiger partial charge < -0.3 is 10.6 Å². The molecule has 0 saturated heterocycles. The second kappa shape index (κ2) is 11.9. The normalized spacial score (nSPS) is 13.8. The molecule has 4 rings (SSSR count). The smallest absolute Gasteiger partial charge is 0.255 e. The van der Waals surface area contributed by atoms with Crippen molar-refractivity contribution in [2.75, 3.05) is 17.3 Å². The Kier molecular flexibility index (Phi) is 8.19. The monoisotopic (exact) mass is 502 g/mol. The lowest BCUT2D eigenvalue weighted by molar-refractivity contribution is -0.117. The molecule has 0 aliphatic heterocycles. The zero-order valence-electron chi connectivity index (χ0n) is 20.0. The first kappa shape index (κ1) is 25.5. The Bertz CT molecular complexity index is 1400. The van der Waals surface area contributed by atoms with Gasteiger partial charge in [-0.05, 0) is 55.7 Å². The summed E-state index contributed by atoms with van der Waals surface area (Å²) in [4.78, 5) is 38.0. The molecule has 8 nitrogen and oxygen atoms in total. The molecule has 0 spiro atoms. The zero-order valence-corrected chi connectivity index (χ0v) is 20.0. The van der Waals surface area contributed by atoms with Crippen LogP contribution in [0.4, 0.5) is 20.4 Å². The summed E-state index contributed by atoms with van der Waals surface area (Å²) in [6.07, 6.45) is 11.0. The molecule has 1 fully saturated rings. The molecule has 1 saturated carbocycles. The highest BCUT2D eigenvalue weighted by Crippen LogP contribution is 2.31. The average Bonchev–Trinajstić information content (AvgIpc) is 3.76. The van der Waals surface area contributed by atoms with E-state index in [1.165, 1.54) is 6.08 Å². The summed E-state index contributed by atoms with van der Waals surface area (Å²) >= 11 is 0. The summed E-state index contributed by atoms with van der Waals surface area (Å²) in [5, 5.41) is 7.91. The second-order valence-electron chi connectivity index (χ2n) is 8.39. The van der Waals surface area contributed by atoms with Gasteiger partial charge in [0.15, 0.2) is 0 Å². The van der Waals surface area contributed by atoms with E-state index < -0.39 is 12.6 Å². The highest BCUT2D eigenvalue weighted by atomic mass is 19.2. The molecule has 0 unspecified atom stereocenters. The van der Waals surface area contributed by atoms with Crippen molar-refractivity contribution in [1.82, 2.24) is 15.0 Å². The molecule has 2 heterocycles. The van der Waals surface area contributed by atoms with Gasteiger partial charge in [-0.1, -0.05) is 27.9 Å². The third kappa shape index (κ3) is 6.75. The summed E-state index contributed by atoms with van der Waals surface area (Å²) in [7, 11) is 0. The molecule has 1 aromatic carbocycles. The number of nitrogens with zero attached hydrogens (tertiary/aromatic N) is 4. The van der Waals surface area contributed by atoms with Crippen molar-refractivity contribution in [2.45, 2.75) is 19.8 Å². The van der Waals surface area contributed by atoms with Crippen LogP contribution in [0.2, 0.25) is 0 Å². The predicted molar refractivity (Wildman–Crippen MR) is 138 cm³/mol. The SMILES string of the molecule is Cc1ccc(NC(=O)C(/C=C/CF)=C/C=N\F)cc1-c1cncc(-c2ccnc(NC(=O)C3CC3)c2)n1. The van der Waals surface area contributed by atoms with E-state index >= 15 is 0 Å². The molecule has 0 atom stereocenters. The minimum Gasteiger partial charge on any atom is -0.322 e. The second-order valence-corrected chi connectivity index (χ2v) is 8.39. The molecular formula is C27H24F2N6O2. The minimum atomic E-state index is -0.771. The van der Waals surface area contributed by atoms with Crippen molar-refractivity contribution < 1.29 is 18.5 Å². The van der Waals surface area contributed by atoms with Gasteiger partial charge in [0.2, 0.25) is 5.91 Å². The van der Waals surface area contributed by atoms with Crippen LogP contribution in [0.25, 0.3) is 22.5 Å². The topological polar surface area (TPSA) is 109 Å². The number of amides is 2. The number of nitrogens with one attached hydrogen (secondary N) is 2. The lowest BCUT2D eigenvalue weighted by Gasteiger charge is -2.11. The minimum absolute atomic E-state index is 0.0326. The van der Waals surface area contributed by atoms with Crippen molar-refractivity contribution >= 4 is 29.5 Å². The van der Waals surface area contributed by atoms with E-state index in [2.05, 4.69) is 25.8 Å². The van der Waals surface area contributed by atoms with E-state index in [4.69, 9.17) is 4.98 Å². The number of anilines is 2. The van der Waals surface area contributed by atoms with Crippen LogP contribution in [0.1, 0.15) is 18.4 Å². The highest BCUT2D eigenvalue weighted by Gasteiger charge is 2.29. The molecule has 0 bridgehead atoms. The van der Waals surface area contributed by atoms with Gasteiger partial charge in [-0.25, -0.2) is 14.4 Å². The van der Waals surface area contributed by atoms with Crippen molar-refractivity contribution in [3.8, 4) is 22.5 Å². The number of hydrogen-bond acceptors (Lipinski definition) is 6. The molecule has 2 N–H and O–H groups in total. The maximum atomic E-state index is 12.6. The van der Waals surface area contributed by atoms with Crippen molar-refractivity contribution in [3.63, 3.8) is 0 Å². The molecule has 1 aliphatic carbocycles. The molecule has 1 aliphatic rings. The number of rotatable bonds is 9. The first-order valence-corrected chi connectivity index (χ1v) is 11.6. The number of aryl methyl sites for hydroxylation is 1. The van der Waals surface area contributed by atoms with E-state index in [1.807, 2.05) is 13.0 Å². The molecule has 2 aromatic heterocycles. The van der Waals surface area contributed by atoms with Crippen LogP contribution in [0.15, 0.2) is 77.9 Å². The van der Waals surface area contributed by atoms with Crippen LogP contribution in [-0.4, -0.2) is 39.7 Å². The lowest BCUT2D eigenvalue weighted by atomic mass is 10.0. The average molecular weight is 503 g/mol. The first-order chi connectivity index (χ1) is 18.0. The van der Waals surface area contributed by atoms with E-state index in [0.29, 0.717) is 22.9 Å². The van der Waals surface area contributed by atoms with E-state index in [-0.39, 0.29) is 17.4 Å². The maximum absolute atomic E-state index is 12.6. The predicted octanol–water partition coefficient (Wildman–Crippen LogP) is 5.21. The Labute approximate surface area is 212 Å². The van der Waals surface area contributed by atoms with Gasteiger partial charge in [0.1, 0.15) is 12.5 Å². The fourth-order valence-electron chi connectivity index (χ4n) is 3.53. The first-order valence-electron chi connectivity index (χ1n) is 11.6. The van der Waals surface area contributed by atoms with Gasteiger partial charge in [-0.3, -0.25) is 14.6 Å². The molecule has 37 heavy (non-hydrogen) atoms. The molecule has 188 valence electrons. The van der Waals surface area contributed by atoms with Crippen LogP contribution in [0, 0.1) is 12.8 Å². The summed E-state index contributed by atoms with van der Waals surface area (Å²) in [6, 6.07) is 8.81. The van der Waals surface area contributed by atoms with Crippen LogP contribution in [0.5, 0.6) is 0 Å². The van der Waals surface area contributed by atoms with Crippen molar-refractivity contribution in [2.24, 2.45) is 11.1 Å². The summed E-state index contributed by atoms with van der Waals surface area (Å²) in [6.45, 7) is 1.13. The number of benzene rings is 1. The van der Waals surface area contributed by atoms with Gasteiger partial charge in [0, 0.05) is 34.5 Å². The van der Waals surface area contributed by atoms with E-state index in [9.17, 15) is 18.5 Å². The van der Waals surface area contributed by atoms with Gasteiger partial charge in [-0.2, -0.15) is 0 Å². The molecular weight excluding hydrogens is 478 g/mol. The number of halogens is 2. The molecule has 3 aromatic rings. The Balaban J connectivity index is 1.58. The zero-order chi connectivity index (χ0) is 26.2. The fourth-order valence-corrected chi connectivity index (χ4v) is 3.53. The number of allylic oxidation sites excluding steroid dienone is 2. The molecule has 0 radical (unpaired) electrons. The number of hydrogen-bond donors (Lipinski definition) is 2. The number of aromatic nitrogens is 3. The number of alkyl halides is 1. The van der Waals surface area contributed by atoms with E-state index in [0.717, 1.165) is 47.9 Å². The Morgan fingerprint density at radius 3 is 2.70 bits per heavy atom. The van der Waals surface area contributed by atoms with Crippen LogP contribution in [-0.2, 0) is 9.59 Å². The number of carbonyl (C=O) groups excluding carboxylic acids is 2. The highest BCUT2D eigenvalue weighted by molar-refractivity contribution is 6.08. The summed E-state index contributed by atoms with van der Waals surface area (Å²) in [5.74, 6) is -0.0793. The molecule has 2 amide bonds. The lowest BCUT2D eigenvalue weighted by Crippen LogP contribution is -2.14. The Hall–Kier alpha value is -4.60. The molecule has 10 heteroatoms. The van der Waals surface area contributed by atoms with Gasteiger partial charge in [0.25, 0.3) is 5.91 Å².